The van der Waals surface area contributed by atoms with E-state index in [2.05, 4.69) is 22.2 Å². The van der Waals surface area contributed by atoms with Crippen molar-refractivity contribution in [2.24, 2.45) is 0 Å². The molecule has 21 heavy (non-hydrogen) atoms. The van der Waals surface area contributed by atoms with Crippen LogP contribution in [0.4, 0.5) is 8.78 Å². The third kappa shape index (κ3) is 5.02. The molecule has 1 aromatic carbocycles. The lowest BCUT2D eigenvalue weighted by Crippen LogP contribution is -2.45. The van der Waals surface area contributed by atoms with Gasteiger partial charge in [-0.05, 0) is 51.2 Å². The van der Waals surface area contributed by atoms with Crippen LogP contribution in [-0.2, 0) is 0 Å². The van der Waals surface area contributed by atoms with E-state index in [1.54, 1.807) is 6.07 Å². The van der Waals surface area contributed by atoms with Gasteiger partial charge in [0, 0.05) is 32.2 Å². The molecule has 0 bridgehead atoms. The molecule has 0 radical (unpaired) electrons. The van der Waals surface area contributed by atoms with E-state index in [0.717, 1.165) is 51.3 Å². The van der Waals surface area contributed by atoms with Crippen molar-refractivity contribution >= 4 is 0 Å². The Balaban J connectivity index is 1.67. The van der Waals surface area contributed by atoms with Gasteiger partial charge in [0.25, 0.3) is 0 Å². The van der Waals surface area contributed by atoms with Crippen LogP contribution in [0, 0.1) is 11.6 Å². The quantitative estimate of drug-likeness (QED) is 0.813. The molecule has 1 aromatic rings. The minimum atomic E-state index is -0.791. The molecule has 2 rings (SSSR count). The van der Waals surface area contributed by atoms with Crippen molar-refractivity contribution in [1.29, 1.82) is 0 Å². The summed E-state index contributed by atoms with van der Waals surface area (Å²) in [6.07, 6.45) is 1.07. The number of rotatable bonds is 6. The normalized spacial score (nSPS) is 18.9. The second-order valence-corrected chi connectivity index (χ2v) is 5.85. The fourth-order valence-corrected chi connectivity index (χ4v) is 2.59. The highest BCUT2D eigenvalue weighted by molar-refractivity contribution is 5.20. The van der Waals surface area contributed by atoms with Crippen LogP contribution in [0.1, 0.15) is 24.9 Å². The van der Waals surface area contributed by atoms with Gasteiger partial charge in [0.2, 0.25) is 0 Å². The maximum atomic E-state index is 13.2. The van der Waals surface area contributed by atoms with Crippen LogP contribution in [0.15, 0.2) is 18.2 Å². The van der Waals surface area contributed by atoms with E-state index in [0.29, 0.717) is 0 Å². The Kier molecular flexibility index (Phi) is 6.08. The van der Waals surface area contributed by atoms with Gasteiger partial charge in [0.05, 0.1) is 0 Å². The molecule has 1 saturated heterocycles. The van der Waals surface area contributed by atoms with Crippen LogP contribution < -0.4 is 5.32 Å². The molecule has 1 atom stereocenters. The maximum absolute atomic E-state index is 13.2. The molecule has 3 nitrogen and oxygen atoms in total. The van der Waals surface area contributed by atoms with Crippen molar-refractivity contribution < 1.29 is 8.78 Å². The highest BCUT2D eigenvalue weighted by Crippen LogP contribution is 2.15. The summed E-state index contributed by atoms with van der Waals surface area (Å²) < 4.78 is 26.1. The Hall–Kier alpha value is -1.04. The Morgan fingerprint density at radius 3 is 2.52 bits per heavy atom. The van der Waals surface area contributed by atoms with Gasteiger partial charge in [-0.2, -0.15) is 0 Å². The topological polar surface area (TPSA) is 18.5 Å². The third-order valence-electron chi connectivity index (χ3n) is 4.14. The lowest BCUT2D eigenvalue weighted by molar-refractivity contribution is 0.152. The number of piperazine rings is 1. The molecule has 1 unspecified atom stereocenters. The largest absolute Gasteiger partial charge is 0.310 e. The maximum Gasteiger partial charge on any atom is 0.159 e. The predicted molar refractivity (Wildman–Crippen MR) is 81.3 cm³/mol. The van der Waals surface area contributed by atoms with Gasteiger partial charge in [0.1, 0.15) is 0 Å². The van der Waals surface area contributed by atoms with Crippen LogP contribution in [0.2, 0.25) is 0 Å². The molecule has 1 fully saturated rings. The summed E-state index contributed by atoms with van der Waals surface area (Å²) in [5.74, 6) is -1.57. The molecule has 1 N–H and O–H groups in total. The second-order valence-electron chi connectivity index (χ2n) is 5.85. The first-order valence-corrected chi connectivity index (χ1v) is 7.65. The van der Waals surface area contributed by atoms with E-state index in [9.17, 15) is 8.78 Å². The molecule has 1 heterocycles. The van der Waals surface area contributed by atoms with Crippen molar-refractivity contribution in [2.45, 2.75) is 19.4 Å². The first-order chi connectivity index (χ1) is 10.1. The molecule has 118 valence electrons. The molecular weight excluding hydrogens is 272 g/mol. The van der Waals surface area contributed by atoms with Crippen LogP contribution in [0.5, 0.6) is 0 Å². The Bertz CT molecular complexity index is 445. The average Bonchev–Trinajstić information content (AvgIpc) is 2.48. The smallest absolute Gasteiger partial charge is 0.159 e. The monoisotopic (exact) mass is 297 g/mol. The highest BCUT2D eigenvalue weighted by atomic mass is 19.2. The van der Waals surface area contributed by atoms with E-state index in [1.165, 1.54) is 12.1 Å². The summed E-state index contributed by atoms with van der Waals surface area (Å²) in [7, 11) is 2.16. The molecule has 1 aliphatic heterocycles. The minimum Gasteiger partial charge on any atom is -0.310 e. The SMILES string of the molecule is CC(NCCCN1CCN(C)CC1)c1ccc(F)c(F)c1. The summed E-state index contributed by atoms with van der Waals surface area (Å²) >= 11 is 0. The molecule has 0 aliphatic carbocycles. The Labute approximate surface area is 125 Å². The van der Waals surface area contributed by atoms with Crippen molar-refractivity contribution in [1.82, 2.24) is 15.1 Å². The number of hydrogen-bond acceptors (Lipinski definition) is 3. The predicted octanol–water partition coefficient (Wildman–Crippen LogP) is 2.25. The molecule has 5 heteroatoms. The zero-order chi connectivity index (χ0) is 15.2. The summed E-state index contributed by atoms with van der Waals surface area (Å²) in [6, 6.07) is 4.13. The van der Waals surface area contributed by atoms with E-state index < -0.39 is 11.6 Å². The molecule has 0 aromatic heterocycles. The third-order valence-corrected chi connectivity index (χ3v) is 4.14. The van der Waals surface area contributed by atoms with Gasteiger partial charge >= 0.3 is 0 Å². The van der Waals surface area contributed by atoms with Gasteiger partial charge in [-0.3, -0.25) is 0 Å². The standard InChI is InChI=1S/C16H25F2N3/c1-13(14-4-5-15(17)16(18)12-14)19-6-3-7-21-10-8-20(2)9-11-21/h4-5,12-13,19H,3,6-11H2,1-2H3. The van der Waals surface area contributed by atoms with Gasteiger partial charge in [0.15, 0.2) is 11.6 Å². The van der Waals surface area contributed by atoms with E-state index in [4.69, 9.17) is 0 Å². The van der Waals surface area contributed by atoms with Crippen LogP contribution in [0.3, 0.4) is 0 Å². The van der Waals surface area contributed by atoms with E-state index in [1.807, 2.05) is 6.92 Å². The Morgan fingerprint density at radius 2 is 1.86 bits per heavy atom. The van der Waals surface area contributed by atoms with Crippen LogP contribution in [0.25, 0.3) is 0 Å². The van der Waals surface area contributed by atoms with Crippen molar-refractivity contribution in [3.8, 4) is 0 Å². The summed E-state index contributed by atoms with van der Waals surface area (Å²) in [5, 5.41) is 3.37. The molecular formula is C16H25F2N3. The lowest BCUT2D eigenvalue weighted by atomic mass is 10.1. The van der Waals surface area contributed by atoms with Crippen LogP contribution >= 0.6 is 0 Å². The molecule has 0 spiro atoms. The van der Waals surface area contributed by atoms with E-state index >= 15 is 0 Å². The van der Waals surface area contributed by atoms with Crippen molar-refractivity contribution in [3.05, 3.63) is 35.4 Å². The number of likely N-dealkylation sites (N-methyl/N-ethyl adjacent to an activating group) is 1. The van der Waals surface area contributed by atoms with Gasteiger partial charge < -0.3 is 15.1 Å². The first-order valence-electron chi connectivity index (χ1n) is 7.65. The Morgan fingerprint density at radius 1 is 1.14 bits per heavy atom. The number of nitrogens with one attached hydrogen (secondary N) is 1. The number of nitrogens with zero attached hydrogens (tertiary/aromatic N) is 2. The zero-order valence-electron chi connectivity index (χ0n) is 12.9. The fourth-order valence-electron chi connectivity index (χ4n) is 2.59. The molecule has 0 amide bonds. The number of benzene rings is 1. The number of hydrogen-bond donors (Lipinski definition) is 1. The van der Waals surface area contributed by atoms with E-state index in [-0.39, 0.29) is 6.04 Å². The van der Waals surface area contributed by atoms with Gasteiger partial charge in [-0.25, -0.2) is 8.78 Å². The number of halogens is 2. The average molecular weight is 297 g/mol. The van der Waals surface area contributed by atoms with Gasteiger partial charge in [-0.1, -0.05) is 6.07 Å². The molecule has 1 aliphatic rings. The molecule has 0 saturated carbocycles. The lowest BCUT2D eigenvalue weighted by Gasteiger charge is -2.32. The zero-order valence-corrected chi connectivity index (χ0v) is 12.9. The first kappa shape index (κ1) is 16.3. The van der Waals surface area contributed by atoms with Crippen molar-refractivity contribution in [3.63, 3.8) is 0 Å². The van der Waals surface area contributed by atoms with Crippen LogP contribution in [-0.4, -0.2) is 56.1 Å². The summed E-state index contributed by atoms with van der Waals surface area (Å²) in [5.41, 5.74) is 0.786. The summed E-state index contributed by atoms with van der Waals surface area (Å²) in [6.45, 7) is 8.49. The van der Waals surface area contributed by atoms with Gasteiger partial charge in [-0.15, -0.1) is 0 Å². The fraction of sp³-hybridized carbons (Fsp3) is 0.625. The highest BCUT2D eigenvalue weighted by Gasteiger charge is 2.13. The minimum absolute atomic E-state index is 0.0348. The summed E-state index contributed by atoms with van der Waals surface area (Å²) in [4.78, 5) is 4.82. The second kappa shape index (κ2) is 7.82. The van der Waals surface area contributed by atoms with Crippen molar-refractivity contribution in [2.75, 3.05) is 46.3 Å².